The molecular weight excluding hydrogens is 284 g/mol. The van der Waals surface area contributed by atoms with Gasteiger partial charge in [0, 0.05) is 11.8 Å². The van der Waals surface area contributed by atoms with Crippen LogP contribution in [0.4, 0.5) is 0 Å². The number of hydrogen-bond acceptors (Lipinski definition) is 4. The maximum absolute atomic E-state index is 12.2. The lowest BCUT2D eigenvalue weighted by Crippen LogP contribution is -2.12. The van der Waals surface area contributed by atoms with E-state index in [0.717, 1.165) is 0 Å². The predicted molar refractivity (Wildman–Crippen MR) is 74.2 cm³/mol. The number of nitrogens with zero attached hydrogens (tertiary/aromatic N) is 2. The van der Waals surface area contributed by atoms with E-state index in [0.29, 0.717) is 15.4 Å². The number of aromatic nitrogens is 2. The molecule has 0 spiro atoms. The van der Waals surface area contributed by atoms with Gasteiger partial charge in [0.2, 0.25) is 5.78 Å². The molecule has 0 aliphatic rings. The number of hydrogen-bond donors (Lipinski definition) is 0. The number of carbonyl (C=O) groups excluding carboxylic acids is 1. The fourth-order valence-electron chi connectivity index (χ4n) is 1.70. The van der Waals surface area contributed by atoms with Crippen molar-refractivity contribution in [2.75, 3.05) is 0 Å². The van der Waals surface area contributed by atoms with Gasteiger partial charge in [-0.1, -0.05) is 53.3 Å². The van der Waals surface area contributed by atoms with Crippen LogP contribution in [0.1, 0.15) is 15.2 Å². The van der Waals surface area contributed by atoms with Crippen LogP contribution in [0, 0.1) is 0 Å². The molecule has 94 valence electrons. The summed E-state index contributed by atoms with van der Waals surface area (Å²) < 4.78 is 1.29. The van der Waals surface area contributed by atoms with Crippen molar-refractivity contribution < 1.29 is 4.79 Å². The summed E-state index contributed by atoms with van der Waals surface area (Å²) >= 11 is 6.88. The van der Waals surface area contributed by atoms with Gasteiger partial charge in [0.25, 0.3) is 5.56 Å². The molecule has 3 aromatic rings. The quantitative estimate of drug-likeness (QED) is 0.682. The number of fused-ring (bicyclic) bond motifs is 1. The monoisotopic (exact) mass is 290 g/mol. The molecule has 0 atom stereocenters. The van der Waals surface area contributed by atoms with Crippen LogP contribution in [0.5, 0.6) is 0 Å². The lowest BCUT2D eigenvalue weighted by molar-refractivity contribution is 0.104. The van der Waals surface area contributed by atoms with E-state index in [1.165, 1.54) is 28.1 Å². The fourth-order valence-corrected chi connectivity index (χ4v) is 2.74. The molecule has 19 heavy (non-hydrogen) atoms. The highest BCUT2D eigenvalue weighted by atomic mass is 35.5. The van der Waals surface area contributed by atoms with E-state index in [1.807, 2.05) is 6.07 Å². The average molecular weight is 291 g/mol. The van der Waals surface area contributed by atoms with Crippen LogP contribution in [0.3, 0.4) is 0 Å². The second kappa shape index (κ2) is 4.60. The van der Waals surface area contributed by atoms with Crippen LogP contribution < -0.4 is 5.56 Å². The molecule has 1 aromatic carbocycles. The van der Waals surface area contributed by atoms with Gasteiger partial charge >= 0.3 is 0 Å². The third-order valence-corrected chi connectivity index (χ3v) is 3.88. The fraction of sp³-hybridized carbons (Fsp3) is 0. The summed E-state index contributed by atoms with van der Waals surface area (Å²) in [6.07, 6.45) is 2.78. The summed E-state index contributed by atoms with van der Waals surface area (Å²) in [5.41, 5.74) is 0.211. The Kier molecular flexibility index (Phi) is 2.93. The van der Waals surface area contributed by atoms with Gasteiger partial charge in [0.1, 0.15) is 5.02 Å². The third-order valence-electron chi connectivity index (χ3n) is 2.62. The van der Waals surface area contributed by atoms with Crippen molar-refractivity contribution in [3.05, 3.63) is 68.5 Å². The number of ketones is 1. The smallest absolute Gasteiger partial charge is 0.277 e. The van der Waals surface area contributed by atoms with Crippen molar-refractivity contribution in [1.29, 1.82) is 0 Å². The topological polar surface area (TPSA) is 51.4 Å². The zero-order valence-electron chi connectivity index (χ0n) is 9.54. The lowest BCUT2D eigenvalue weighted by Gasteiger charge is -1.95. The summed E-state index contributed by atoms with van der Waals surface area (Å²) in [6.45, 7) is 0. The summed E-state index contributed by atoms with van der Waals surface area (Å²) in [7, 11) is 0. The molecule has 2 heterocycles. The summed E-state index contributed by atoms with van der Waals surface area (Å²) in [5.74, 6) is -0.133. The highest BCUT2D eigenvalue weighted by Crippen LogP contribution is 2.19. The van der Waals surface area contributed by atoms with E-state index in [2.05, 4.69) is 4.98 Å². The van der Waals surface area contributed by atoms with E-state index < -0.39 is 0 Å². The molecule has 2 aromatic heterocycles. The van der Waals surface area contributed by atoms with Crippen LogP contribution in [0.25, 0.3) is 4.96 Å². The highest BCUT2D eigenvalue weighted by molar-refractivity contribution is 7.19. The summed E-state index contributed by atoms with van der Waals surface area (Å²) in [6, 6.07) is 8.89. The molecule has 0 radical (unpaired) electrons. The minimum atomic E-state index is -0.366. The van der Waals surface area contributed by atoms with Crippen molar-refractivity contribution in [3.8, 4) is 0 Å². The molecule has 0 saturated carbocycles. The highest BCUT2D eigenvalue weighted by Gasteiger charge is 2.14. The molecule has 0 aliphatic heterocycles. The first kappa shape index (κ1) is 12.1. The molecule has 4 nitrogen and oxygen atoms in total. The SMILES string of the molecule is O=C(c1ccccc1)c1cn2c(=O)c(Cl)cnc2s1. The maximum atomic E-state index is 12.2. The number of thiazole rings is 1. The average Bonchev–Trinajstić information content (AvgIpc) is 2.88. The summed E-state index contributed by atoms with van der Waals surface area (Å²) in [5, 5.41) is 0.0361. The van der Waals surface area contributed by atoms with Gasteiger partial charge in [-0.15, -0.1) is 0 Å². The molecule has 0 N–H and O–H groups in total. The largest absolute Gasteiger partial charge is 0.288 e. The molecule has 0 bridgehead atoms. The Labute approximate surface area is 116 Å². The molecule has 6 heteroatoms. The molecule has 0 fully saturated rings. The van der Waals surface area contributed by atoms with Gasteiger partial charge in [-0.25, -0.2) is 4.98 Å². The Bertz CT molecular complexity index is 824. The first-order chi connectivity index (χ1) is 9.16. The molecule has 0 unspecified atom stereocenters. The van der Waals surface area contributed by atoms with Crippen molar-refractivity contribution in [2.45, 2.75) is 0 Å². The minimum Gasteiger partial charge on any atom is -0.288 e. The number of rotatable bonds is 2. The Morgan fingerprint density at radius 1 is 1.26 bits per heavy atom. The standard InChI is InChI=1S/C13H7ClN2O2S/c14-9-6-15-13-16(12(9)18)7-10(19-13)11(17)8-4-2-1-3-5-8/h1-7H. The Balaban J connectivity index is 2.15. The molecule has 0 aliphatic carbocycles. The zero-order chi connectivity index (χ0) is 13.4. The number of halogens is 1. The van der Waals surface area contributed by atoms with Crippen LogP contribution >= 0.6 is 22.9 Å². The van der Waals surface area contributed by atoms with E-state index in [1.54, 1.807) is 24.3 Å². The predicted octanol–water partition coefficient (Wildman–Crippen LogP) is 2.64. The zero-order valence-corrected chi connectivity index (χ0v) is 11.1. The maximum Gasteiger partial charge on any atom is 0.277 e. The van der Waals surface area contributed by atoms with Gasteiger partial charge in [-0.3, -0.25) is 14.0 Å². The third kappa shape index (κ3) is 2.07. The van der Waals surface area contributed by atoms with Gasteiger partial charge in [-0.2, -0.15) is 0 Å². The van der Waals surface area contributed by atoms with E-state index in [-0.39, 0.29) is 16.4 Å². The first-order valence-electron chi connectivity index (χ1n) is 5.43. The Morgan fingerprint density at radius 2 is 2.00 bits per heavy atom. The summed E-state index contributed by atoms with van der Waals surface area (Å²) in [4.78, 5) is 29.0. The number of carbonyl (C=O) groups is 1. The lowest BCUT2D eigenvalue weighted by atomic mass is 10.1. The Hall–Kier alpha value is -1.98. The Morgan fingerprint density at radius 3 is 2.74 bits per heavy atom. The molecule has 0 amide bonds. The van der Waals surface area contributed by atoms with Gasteiger partial charge in [-0.05, 0) is 0 Å². The van der Waals surface area contributed by atoms with Gasteiger partial charge < -0.3 is 0 Å². The van der Waals surface area contributed by atoms with Crippen LogP contribution in [0.2, 0.25) is 5.02 Å². The van der Waals surface area contributed by atoms with Crippen molar-refractivity contribution in [2.24, 2.45) is 0 Å². The van der Waals surface area contributed by atoms with E-state index >= 15 is 0 Å². The minimum absolute atomic E-state index is 0.0361. The van der Waals surface area contributed by atoms with Gasteiger partial charge in [0.05, 0.1) is 11.1 Å². The molecule has 3 rings (SSSR count). The van der Waals surface area contributed by atoms with Crippen LogP contribution in [-0.2, 0) is 0 Å². The van der Waals surface area contributed by atoms with Crippen molar-refractivity contribution in [3.63, 3.8) is 0 Å². The number of benzene rings is 1. The van der Waals surface area contributed by atoms with Gasteiger partial charge in [0.15, 0.2) is 4.96 Å². The second-order valence-corrected chi connectivity index (χ2v) is 5.27. The molecule has 0 saturated heterocycles. The van der Waals surface area contributed by atoms with Crippen LogP contribution in [-0.4, -0.2) is 15.2 Å². The van der Waals surface area contributed by atoms with E-state index in [9.17, 15) is 9.59 Å². The van der Waals surface area contributed by atoms with E-state index in [4.69, 9.17) is 11.6 Å². The molecular formula is C13H7ClN2O2S. The first-order valence-corrected chi connectivity index (χ1v) is 6.63. The van der Waals surface area contributed by atoms with Crippen molar-refractivity contribution >= 4 is 33.7 Å². The van der Waals surface area contributed by atoms with Crippen LogP contribution in [0.15, 0.2) is 47.5 Å². The normalized spacial score (nSPS) is 10.8. The second-order valence-electron chi connectivity index (χ2n) is 3.85. The van der Waals surface area contributed by atoms with Crippen molar-refractivity contribution in [1.82, 2.24) is 9.38 Å².